The molecule has 3 heterocycles. The van der Waals surface area contributed by atoms with Gasteiger partial charge in [0.2, 0.25) is 0 Å². The van der Waals surface area contributed by atoms with Crippen LogP contribution in [0.4, 0.5) is 0 Å². The fourth-order valence-corrected chi connectivity index (χ4v) is 6.05. The molecule has 1 aromatic heterocycles. The van der Waals surface area contributed by atoms with Crippen LogP contribution >= 0.6 is 0 Å². The third kappa shape index (κ3) is 5.06. The van der Waals surface area contributed by atoms with Gasteiger partial charge in [0.05, 0.1) is 11.5 Å². The molecule has 2 aliphatic heterocycles. The third-order valence-corrected chi connectivity index (χ3v) is 9.03. The average molecular weight is 521 g/mol. The van der Waals surface area contributed by atoms with Crippen molar-refractivity contribution in [2.24, 2.45) is 0 Å². The number of nitriles is 1. The highest BCUT2D eigenvalue weighted by atomic mass is 16.2. The number of pyridine rings is 1. The second kappa shape index (κ2) is 10.6. The Bertz CT molecular complexity index is 1390. The molecule has 3 aromatic rings. The van der Waals surface area contributed by atoms with Crippen LogP contribution in [0.5, 0.6) is 0 Å². The van der Waals surface area contributed by atoms with E-state index in [1.165, 1.54) is 5.56 Å². The number of likely N-dealkylation sites (tertiary alicyclic amines) is 2. The molecule has 5 rings (SSSR count). The topological polar surface area (TPSA) is 77.3 Å². The number of aromatic nitrogens is 1. The van der Waals surface area contributed by atoms with Crippen LogP contribution in [0.2, 0.25) is 0 Å². The Balaban J connectivity index is 1.30. The SMILES string of the molecule is Cc1nc(C(=O)N2CCC(C#N)(c3ccccc3)CC2)cc(C(=O)N2CCC(C)(c3ccccc3)CC2)c1C. The fraction of sp³-hybridized carbons (Fsp3) is 0.394. The van der Waals surface area contributed by atoms with E-state index in [0.717, 1.165) is 24.0 Å². The summed E-state index contributed by atoms with van der Waals surface area (Å²) in [6.45, 7) is 8.35. The largest absolute Gasteiger partial charge is 0.339 e. The maximum Gasteiger partial charge on any atom is 0.272 e. The molecule has 2 aliphatic rings. The van der Waals surface area contributed by atoms with E-state index in [2.05, 4.69) is 42.2 Å². The molecule has 2 aromatic carbocycles. The van der Waals surface area contributed by atoms with E-state index in [1.54, 1.807) is 11.0 Å². The average Bonchev–Trinajstić information content (AvgIpc) is 2.99. The zero-order chi connectivity index (χ0) is 27.6. The fourth-order valence-electron chi connectivity index (χ4n) is 6.05. The molecule has 0 unspecified atom stereocenters. The molecule has 39 heavy (non-hydrogen) atoms. The normalized spacial score (nSPS) is 18.3. The molecule has 0 aliphatic carbocycles. The first-order valence-corrected chi connectivity index (χ1v) is 13.9. The monoisotopic (exact) mass is 520 g/mol. The molecule has 0 atom stereocenters. The van der Waals surface area contributed by atoms with E-state index in [0.29, 0.717) is 56.0 Å². The smallest absolute Gasteiger partial charge is 0.272 e. The van der Waals surface area contributed by atoms with E-state index in [4.69, 9.17) is 0 Å². The second-order valence-electron chi connectivity index (χ2n) is 11.3. The van der Waals surface area contributed by atoms with Crippen molar-refractivity contribution in [1.29, 1.82) is 5.26 Å². The summed E-state index contributed by atoms with van der Waals surface area (Å²) >= 11 is 0. The maximum absolute atomic E-state index is 13.7. The van der Waals surface area contributed by atoms with Gasteiger partial charge >= 0.3 is 0 Å². The van der Waals surface area contributed by atoms with Crippen molar-refractivity contribution < 1.29 is 9.59 Å². The summed E-state index contributed by atoms with van der Waals surface area (Å²) in [7, 11) is 0. The van der Waals surface area contributed by atoms with Crippen LogP contribution in [0, 0.1) is 25.2 Å². The Hall–Kier alpha value is -3.98. The van der Waals surface area contributed by atoms with Gasteiger partial charge in [-0.3, -0.25) is 9.59 Å². The highest BCUT2D eigenvalue weighted by Gasteiger charge is 2.39. The van der Waals surface area contributed by atoms with Crippen LogP contribution in [0.3, 0.4) is 0 Å². The van der Waals surface area contributed by atoms with Crippen molar-refractivity contribution in [2.75, 3.05) is 26.2 Å². The van der Waals surface area contributed by atoms with Gasteiger partial charge in [-0.1, -0.05) is 67.6 Å². The number of benzene rings is 2. The lowest BCUT2D eigenvalue weighted by Gasteiger charge is -2.40. The van der Waals surface area contributed by atoms with Gasteiger partial charge in [0, 0.05) is 37.4 Å². The number of carbonyl (C=O) groups excluding carboxylic acids is 2. The molecule has 0 saturated carbocycles. The third-order valence-electron chi connectivity index (χ3n) is 9.03. The first-order chi connectivity index (χ1) is 18.8. The van der Waals surface area contributed by atoms with Crippen LogP contribution in [-0.2, 0) is 10.8 Å². The quantitative estimate of drug-likeness (QED) is 0.449. The predicted molar refractivity (Wildman–Crippen MR) is 152 cm³/mol. The van der Waals surface area contributed by atoms with Gasteiger partial charge in [-0.05, 0) is 67.7 Å². The number of amides is 2. The van der Waals surface area contributed by atoms with E-state index in [-0.39, 0.29) is 17.2 Å². The predicted octanol–water partition coefficient (Wildman–Crippen LogP) is 5.59. The molecule has 0 bridgehead atoms. The van der Waals surface area contributed by atoms with Crippen LogP contribution in [0.25, 0.3) is 0 Å². The lowest BCUT2D eigenvalue weighted by atomic mass is 9.74. The summed E-state index contributed by atoms with van der Waals surface area (Å²) in [5, 5.41) is 10.0. The van der Waals surface area contributed by atoms with Gasteiger partial charge in [0.1, 0.15) is 5.69 Å². The van der Waals surface area contributed by atoms with Crippen molar-refractivity contribution in [2.45, 2.75) is 57.3 Å². The first kappa shape index (κ1) is 26.6. The summed E-state index contributed by atoms with van der Waals surface area (Å²) in [4.78, 5) is 35.5. The number of aryl methyl sites for hydroxylation is 1. The van der Waals surface area contributed by atoms with E-state index >= 15 is 0 Å². The van der Waals surface area contributed by atoms with Gasteiger partial charge in [-0.2, -0.15) is 5.26 Å². The van der Waals surface area contributed by atoms with Crippen LogP contribution in [-0.4, -0.2) is 52.8 Å². The van der Waals surface area contributed by atoms with E-state index < -0.39 is 5.41 Å². The van der Waals surface area contributed by atoms with Gasteiger partial charge in [-0.15, -0.1) is 0 Å². The van der Waals surface area contributed by atoms with E-state index in [1.807, 2.05) is 55.1 Å². The summed E-state index contributed by atoms with van der Waals surface area (Å²) < 4.78 is 0. The van der Waals surface area contributed by atoms with Gasteiger partial charge < -0.3 is 9.80 Å². The summed E-state index contributed by atoms with van der Waals surface area (Å²) in [6.07, 6.45) is 2.94. The number of hydrogen-bond acceptors (Lipinski definition) is 4. The minimum absolute atomic E-state index is 0.0339. The van der Waals surface area contributed by atoms with Gasteiger partial charge in [-0.25, -0.2) is 4.98 Å². The molecular formula is C33H36N4O2. The Morgan fingerprint density at radius 3 is 1.87 bits per heavy atom. The van der Waals surface area contributed by atoms with Crippen LogP contribution < -0.4 is 0 Å². The zero-order valence-corrected chi connectivity index (χ0v) is 23.1. The Labute approximate surface area is 231 Å². The minimum Gasteiger partial charge on any atom is -0.339 e. The number of nitrogens with zero attached hydrogens (tertiary/aromatic N) is 4. The maximum atomic E-state index is 13.7. The Morgan fingerprint density at radius 2 is 1.31 bits per heavy atom. The van der Waals surface area contributed by atoms with Crippen molar-refractivity contribution in [3.05, 3.63) is 100 Å². The standard InChI is InChI=1S/C33H36N4O2/c1-24-25(2)35-29(31(39)37-20-16-33(23-34,17-21-37)27-12-8-5-9-13-27)22-28(24)30(38)36-18-14-32(3,15-19-36)26-10-6-4-7-11-26/h4-13,22H,14-21H2,1-3H3. The van der Waals surface area contributed by atoms with E-state index in [9.17, 15) is 14.9 Å². The molecule has 2 fully saturated rings. The highest BCUT2D eigenvalue weighted by Crippen LogP contribution is 2.37. The molecule has 200 valence electrons. The molecule has 0 N–H and O–H groups in total. The van der Waals surface area contributed by atoms with Gasteiger partial charge in [0.25, 0.3) is 11.8 Å². The van der Waals surface area contributed by atoms with Crippen molar-refractivity contribution >= 4 is 11.8 Å². The molecule has 2 amide bonds. The number of rotatable bonds is 4. The summed E-state index contributed by atoms with van der Waals surface area (Å²) in [5.74, 6) is -0.213. The van der Waals surface area contributed by atoms with Crippen molar-refractivity contribution in [1.82, 2.24) is 14.8 Å². The van der Waals surface area contributed by atoms with Crippen LogP contribution in [0.1, 0.15) is 75.8 Å². The summed E-state index contributed by atoms with van der Waals surface area (Å²) in [6, 6.07) is 24.6. The Morgan fingerprint density at radius 1 is 0.795 bits per heavy atom. The lowest BCUT2D eigenvalue weighted by molar-refractivity contribution is 0.0674. The number of carbonyl (C=O) groups is 2. The molecule has 6 nitrogen and oxygen atoms in total. The molecular weight excluding hydrogens is 484 g/mol. The summed E-state index contributed by atoms with van der Waals surface area (Å²) in [5.41, 5.74) is 4.16. The van der Waals surface area contributed by atoms with Gasteiger partial charge in [0.15, 0.2) is 0 Å². The van der Waals surface area contributed by atoms with Crippen molar-refractivity contribution in [3.8, 4) is 6.07 Å². The minimum atomic E-state index is -0.585. The lowest BCUT2D eigenvalue weighted by Crippen LogP contribution is -2.45. The van der Waals surface area contributed by atoms with Crippen LogP contribution in [0.15, 0.2) is 66.7 Å². The Kier molecular flexibility index (Phi) is 7.27. The number of piperidine rings is 2. The molecule has 2 saturated heterocycles. The number of hydrogen-bond donors (Lipinski definition) is 0. The zero-order valence-electron chi connectivity index (χ0n) is 23.1. The molecule has 0 radical (unpaired) electrons. The first-order valence-electron chi connectivity index (χ1n) is 13.9. The highest BCUT2D eigenvalue weighted by molar-refractivity contribution is 6.00. The second-order valence-corrected chi connectivity index (χ2v) is 11.3. The molecule has 6 heteroatoms. The van der Waals surface area contributed by atoms with Crippen molar-refractivity contribution in [3.63, 3.8) is 0 Å². The molecule has 0 spiro atoms.